The SMILES string of the molecule is CC(C)[P](C)(C)=[Y]. The van der Waals surface area contributed by atoms with Crippen molar-refractivity contribution in [3.63, 3.8) is 0 Å². The van der Waals surface area contributed by atoms with Gasteiger partial charge < -0.3 is 0 Å². The molecule has 0 unspecified atom stereocenters. The van der Waals surface area contributed by atoms with Crippen LogP contribution in [0.1, 0.15) is 13.8 Å². The summed E-state index contributed by atoms with van der Waals surface area (Å²) in [6.07, 6.45) is 0. The summed E-state index contributed by atoms with van der Waals surface area (Å²) >= 11 is 1.48. The van der Waals surface area contributed by atoms with E-state index < -0.39 is 0 Å². The topological polar surface area (TPSA) is 0 Å². The molecular formula is C5H13PY. The molecule has 0 aliphatic rings. The average Bonchev–Trinajstić information content (AvgIpc) is 1.31. The van der Waals surface area contributed by atoms with Crippen LogP contribution in [-0.2, 0) is 29.7 Å². The van der Waals surface area contributed by atoms with Crippen LogP contribution in [-0.4, -0.2) is 19.0 Å². The van der Waals surface area contributed by atoms with Crippen molar-refractivity contribution in [2.75, 3.05) is 13.3 Å². The summed E-state index contributed by atoms with van der Waals surface area (Å²) in [5, 5.41) is 0. The molecule has 7 heavy (non-hydrogen) atoms. The first-order valence-electron chi connectivity index (χ1n) is 2.57. The van der Waals surface area contributed by atoms with Gasteiger partial charge in [-0.25, -0.2) is 0 Å². The predicted octanol–water partition coefficient (Wildman–Crippen LogP) is 2.13. The molecule has 0 aromatic carbocycles. The standard InChI is InChI=1S/C5H13P.Y/c1-5(2)6(3)4;/h5H,1-4H3;. The second-order valence-electron chi connectivity index (χ2n) is 2.72. The minimum atomic E-state index is -0.358. The molecule has 0 saturated heterocycles. The van der Waals surface area contributed by atoms with Gasteiger partial charge in [0.15, 0.2) is 0 Å². The fraction of sp³-hybridized carbons (Fsp3) is 1.00. The zero-order chi connectivity index (χ0) is 6.08. The number of rotatable bonds is 1. The van der Waals surface area contributed by atoms with Gasteiger partial charge in [0.2, 0.25) is 0 Å². The molecule has 0 atom stereocenters. The number of hydrogen-bond donors (Lipinski definition) is 0. The van der Waals surface area contributed by atoms with Crippen LogP contribution in [0.15, 0.2) is 0 Å². The zero-order valence-electron chi connectivity index (χ0n) is 5.60. The second kappa shape index (κ2) is 2.90. The van der Waals surface area contributed by atoms with Crippen LogP contribution in [0, 0.1) is 0 Å². The van der Waals surface area contributed by atoms with Crippen LogP contribution in [0.4, 0.5) is 0 Å². The van der Waals surface area contributed by atoms with Crippen molar-refractivity contribution in [1.29, 1.82) is 0 Å². The van der Waals surface area contributed by atoms with E-state index in [0.29, 0.717) is 0 Å². The molecule has 2 heteroatoms. The van der Waals surface area contributed by atoms with Gasteiger partial charge in [0, 0.05) is 0 Å². The Labute approximate surface area is 65.2 Å². The third-order valence-electron chi connectivity index (χ3n) is 1.33. The molecule has 0 spiro atoms. The minimum absolute atomic E-state index is 0.358. The van der Waals surface area contributed by atoms with Gasteiger partial charge in [-0.2, -0.15) is 0 Å². The molecular weight excluding hydrogens is 180 g/mol. The van der Waals surface area contributed by atoms with Crippen LogP contribution < -0.4 is 0 Å². The molecule has 0 aliphatic heterocycles. The molecule has 0 N–H and O–H groups in total. The van der Waals surface area contributed by atoms with Crippen molar-refractivity contribution >= 4 is 3.02 Å². The molecule has 0 fully saturated rings. The molecule has 0 aromatic heterocycles. The molecule has 0 aromatic rings. The Morgan fingerprint density at radius 1 is 1.29 bits per heavy atom. The van der Waals surface area contributed by atoms with Crippen molar-refractivity contribution in [2.45, 2.75) is 19.5 Å². The Kier molecular flexibility index (Phi) is 3.53. The van der Waals surface area contributed by atoms with E-state index in [1.165, 1.54) is 29.7 Å². The van der Waals surface area contributed by atoms with Gasteiger partial charge in [-0.05, 0) is 0 Å². The van der Waals surface area contributed by atoms with E-state index in [0.717, 1.165) is 5.66 Å². The molecule has 0 bridgehead atoms. The van der Waals surface area contributed by atoms with Crippen molar-refractivity contribution in [2.24, 2.45) is 0 Å². The molecule has 41 valence electrons. The Bertz CT molecular complexity index is 90.3. The first-order chi connectivity index (χ1) is 2.94. The summed E-state index contributed by atoms with van der Waals surface area (Å²) in [6, 6.07) is 0. The molecule has 0 heterocycles. The molecule has 0 nitrogen and oxygen atoms in total. The van der Waals surface area contributed by atoms with Crippen LogP contribution in [0.5, 0.6) is 0 Å². The summed E-state index contributed by atoms with van der Waals surface area (Å²) in [4.78, 5) is 0. The van der Waals surface area contributed by atoms with Gasteiger partial charge in [-0.15, -0.1) is 0 Å². The van der Waals surface area contributed by atoms with E-state index in [2.05, 4.69) is 27.2 Å². The third-order valence-corrected chi connectivity index (χ3v) is 8.39. The Balaban J connectivity index is 3.80. The molecule has 0 amide bonds. The van der Waals surface area contributed by atoms with Crippen molar-refractivity contribution in [3.05, 3.63) is 0 Å². The van der Waals surface area contributed by atoms with E-state index in [4.69, 9.17) is 0 Å². The molecule has 0 aliphatic carbocycles. The van der Waals surface area contributed by atoms with Crippen LogP contribution in [0.3, 0.4) is 0 Å². The maximum atomic E-state index is 2.43. The van der Waals surface area contributed by atoms with E-state index in [9.17, 15) is 0 Å². The van der Waals surface area contributed by atoms with Crippen LogP contribution >= 0.6 is 3.02 Å². The Morgan fingerprint density at radius 2 is 1.43 bits per heavy atom. The second-order valence-corrected chi connectivity index (χ2v) is 16.8. The number of hydrogen-bond acceptors (Lipinski definition) is 0. The van der Waals surface area contributed by atoms with Crippen LogP contribution in [0.2, 0.25) is 0 Å². The van der Waals surface area contributed by atoms with Gasteiger partial charge in [-0.1, -0.05) is 0 Å². The summed E-state index contributed by atoms with van der Waals surface area (Å²) < 4.78 is -0.358. The fourth-order valence-electron chi connectivity index (χ4n) is 0. The van der Waals surface area contributed by atoms with Gasteiger partial charge >= 0.3 is 65.6 Å². The van der Waals surface area contributed by atoms with Crippen molar-refractivity contribution in [1.82, 2.24) is 0 Å². The third kappa shape index (κ3) is 4.06. The van der Waals surface area contributed by atoms with E-state index in [-0.39, 0.29) is 3.02 Å². The molecule has 0 saturated carbocycles. The maximum absolute atomic E-state index is 2.43. The summed E-state index contributed by atoms with van der Waals surface area (Å²) in [5.74, 6) is 0. The summed E-state index contributed by atoms with van der Waals surface area (Å²) in [6.45, 7) is 9.52. The zero-order valence-corrected chi connectivity index (χ0v) is 9.33. The van der Waals surface area contributed by atoms with E-state index in [1.807, 2.05) is 0 Å². The van der Waals surface area contributed by atoms with E-state index >= 15 is 0 Å². The Hall–Kier alpha value is 1.53. The van der Waals surface area contributed by atoms with Gasteiger partial charge in [0.05, 0.1) is 0 Å². The predicted molar refractivity (Wildman–Crippen MR) is 33.9 cm³/mol. The quantitative estimate of drug-likeness (QED) is 0.559. The summed E-state index contributed by atoms with van der Waals surface area (Å²) in [5.41, 5.74) is 0.967. The van der Waals surface area contributed by atoms with Crippen LogP contribution in [0.25, 0.3) is 0 Å². The first kappa shape index (κ1) is 8.53. The van der Waals surface area contributed by atoms with Crippen molar-refractivity contribution < 1.29 is 29.7 Å². The summed E-state index contributed by atoms with van der Waals surface area (Å²) in [7, 11) is 0. The first-order valence-corrected chi connectivity index (χ1v) is 9.20. The van der Waals surface area contributed by atoms with Gasteiger partial charge in [-0.3, -0.25) is 0 Å². The fourth-order valence-corrected chi connectivity index (χ4v) is 0. The average molecular weight is 193 g/mol. The normalized spacial score (nSPS) is 13.0. The van der Waals surface area contributed by atoms with Crippen molar-refractivity contribution in [3.8, 4) is 0 Å². The molecule has 0 radical (unpaired) electrons. The monoisotopic (exact) mass is 193 g/mol. The molecule has 0 rings (SSSR count). The van der Waals surface area contributed by atoms with Gasteiger partial charge in [0.1, 0.15) is 0 Å². The van der Waals surface area contributed by atoms with Gasteiger partial charge in [0.25, 0.3) is 0 Å². The Morgan fingerprint density at radius 3 is 1.43 bits per heavy atom. The van der Waals surface area contributed by atoms with E-state index in [1.54, 1.807) is 0 Å².